The van der Waals surface area contributed by atoms with Crippen LogP contribution in [0, 0.1) is 0 Å². The van der Waals surface area contributed by atoms with Crippen molar-refractivity contribution in [3.63, 3.8) is 0 Å². The molecule has 1 aliphatic rings. The molecule has 2 rings (SSSR count). The minimum atomic E-state index is 0.158. The molecule has 4 heteroatoms. The highest BCUT2D eigenvalue weighted by Crippen LogP contribution is 2.24. The molecule has 1 aromatic heterocycles. The van der Waals surface area contributed by atoms with Crippen molar-refractivity contribution < 1.29 is 5.11 Å². The molecule has 0 spiro atoms. The Morgan fingerprint density at radius 2 is 2.38 bits per heavy atom. The van der Waals surface area contributed by atoms with E-state index in [4.69, 9.17) is 5.11 Å². The first kappa shape index (κ1) is 8.69. The van der Waals surface area contributed by atoms with E-state index in [1.54, 1.807) is 0 Å². The number of fused-ring (bicyclic) bond motifs is 1. The highest BCUT2D eigenvalue weighted by atomic mass is 16.3. The van der Waals surface area contributed by atoms with Crippen molar-refractivity contribution in [2.75, 3.05) is 6.61 Å². The molecule has 1 unspecified atom stereocenters. The number of nitrogens with zero attached hydrogens (tertiary/aromatic N) is 3. The van der Waals surface area contributed by atoms with Gasteiger partial charge in [0.1, 0.15) is 11.6 Å². The lowest BCUT2D eigenvalue weighted by Crippen LogP contribution is -2.18. The summed E-state index contributed by atoms with van der Waals surface area (Å²) in [5, 5.41) is 17.1. The first-order valence-electron chi connectivity index (χ1n) is 4.86. The average Bonchev–Trinajstić information content (AvgIpc) is 2.51. The summed E-state index contributed by atoms with van der Waals surface area (Å²) in [6.45, 7) is 2.34. The number of aromatic nitrogens is 3. The van der Waals surface area contributed by atoms with Crippen molar-refractivity contribution in [1.29, 1.82) is 0 Å². The predicted octanol–water partition coefficient (Wildman–Crippen LogP) is 0.710. The first-order valence-corrected chi connectivity index (χ1v) is 4.86. The summed E-state index contributed by atoms with van der Waals surface area (Å²) in [5.74, 6) is 2.02. The zero-order chi connectivity index (χ0) is 9.26. The third-order valence-electron chi connectivity index (χ3n) is 2.64. The molecular weight excluding hydrogens is 166 g/mol. The molecule has 1 aliphatic heterocycles. The van der Waals surface area contributed by atoms with E-state index < -0.39 is 0 Å². The molecule has 0 radical (unpaired) electrons. The molecule has 4 nitrogen and oxygen atoms in total. The highest BCUT2D eigenvalue weighted by Gasteiger charge is 2.20. The van der Waals surface area contributed by atoms with Gasteiger partial charge >= 0.3 is 0 Å². The number of aliphatic hydroxyl groups is 1. The SMILES string of the molecule is CC1CCCc2nnc(CCO)n21. The molecule has 0 bridgehead atoms. The number of rotatable bonds is 2. The van der Waals surface area contributed by atoms with Gasteiger partial charge < -0.3 is 9.67 Å². The summed E-state index contributed by atoms with van der Waals surface area (Å²) >= 11 is 0. The number of hydrogen-bond acceptors (Lipinski definition) is 3. The van der Waals surface area contributed by atoms with Crippen LogP contribution in [-0.2, 0) is 12.8 Å². The maximum atomic E-state index is 8.84. The van der Waals surface area contributed by atoms with Crippen LogP contribution in [0.2, 0.25) is 0 Å². The van der Waals surface area contributed by atoms with Gasteiger partial charge in [-0.1, -0.05) is 0 Å². The fourth-order valence-electron chi connectivity index (χ4n) is 2.00. The molecule has 72 valence electrons. The van der Waals surface area contributed by atoms with E-state index in [9.17, 15) is 0 Å². The highest BCUT2D eigenvalue weighted by molar-refractivity contribution is 5.01. The molecule has 1 atom stereocenters. The zero-order valence-electron chi connectivity index (χ0n) is 7.90. The summed E-state index contributed by atoms with van der Waals surface area (Å²) in [5.41, 5.74) is 0. The standard InChI is InChI=1S/C9H15N3O/c1-7-3-2-4-8-10-11-9(5-6-13)12(7)8/h7,13H,2-6H2,1H3. The molecule has 2 heterocycles. The Morgan fingerprint density at radius 3 is 3.15 bits per heavy atom. The number of hydrogen-bond donors (Lipinski definition) is 1. The first-order chi connectivity index (χ1) is 6.33. The van der Waals surface area contributed by atoms with E-state index in [0.717, 1.165) is 18.1 Å². The second kappa shape index (κ2) is 3.46. The fourth-order valence-corrected chi connectivity index (χ4v) is 2.00. The van der Waals surface area contributed by atoms with Gasteiger partial charge in [-0.2, -0.15) is 0 Å². The predicted molar refractivity (Wildman–Crippen MR) is 48.5 cm³/mol. The second-order valence-electron chi connectivity index (χ2n) is 3.62. The zero-order valence-corrected chi connectivity index (χ0v) is 7.90. The van der Waals surface area contributed by atoms with E-state index in [-0.39, 0.29) is 6.61 Å². The van der Waals surface area contributed by atoms with E-state index in [2.05, 4.69) is 21.7 Å². The van der Waals surface area contributed by atoms with Gasteiger partial charge in [-0.25, -0.2) is 0 Å². The van der Waals surface area contributed by atoms with Crippen molar-refractivity contribution in [2.24, 2.45) is 0 Å². The smallest absolute Gasteiger partial charge is 0.135 e. The van der Waals surface area contributed by atoms with Gasteiger partial charge in [0.2, 0.25) is 0 Å². The minimum Gasteiger partial charge on any atom is -0.396 e. The fraction of sp³-hybridized carbons (Fsp3) is 0.778. The van der Waals surface area contributed by atoms with Crippen LogP contribution in [0.4, 0.5) is 0 Å². The average molecular weight is 181 g/mol. The molecule has 0 saturated carbocycles. The van der Waals surface area contributed by atoms with Crippen molar-refractivity contribution >= 4 is 0 Å². The molecule has 0 aliphatic carbocycles. The molecule has 13 heavy (non-hydrogen) atoms. The largest absolute Gasteiger partial charge is 0.396 e. The monoisotopic (exact) mass is 181 g/mol. The number of aliphatic hydroxyl groups excluding tert-OH is 1. The lowest BCUT2D eigenvalue weighted by Gasteiger charge is -2.22. The van der Waals surface area contributed by atoms with Gasteiger partial charge in [0.05, 0.1) is 6.61 Å². The van der Waals surface area contributed by atoms with Crippen molar-refractivity contribution in [2.45, 2.75) is 38.6 Å². The topological polar surface area (TPSA) is 50.9 Å². The summed E-state index contributed by atoms with van der Waals surface area (Å²) < 4.78 is 2.18. The van der Waals surface area contributed by atoms with Crippen LogP contribution in [-0.4, -0.2) is 26.5 Å². The van der Waals surface area contributed by atoms with E-state index >= 15 is 0 Å². The molecule has 0 fully saturated rings. The van der Waals surface area contributed by atoms with Crippen molar-refractivity contribution in [3.8, 4) is 0 Å². The van der Waals surface area contributed by atoms with Gasteiger partial charge in [0, 0.05) is 18.9 Å². The summed E-state index contributed by atoms with van der Waals surface area (Å²) in [4.78, 5) is 0. The van der Waals surface area contributed by atoms with Crippen LogP contribution >= 0.6 is 0 Å². The van der Waals surface area contributed by atoms with Crippen molar-refractivity contribution in [1.82, 2.24) is 14.8 Å². The van der Waals surface area contributed by atoms with Crippen LogP contribution in [0.1, 0.15) is 37.5 Å². The van der Waals surface area contributed by atoms with Gasteiger partial charge in [-0.3, -0.25) is 0 Å². The van der Waals surface area contributed by atoms with Gasteiger partial charge in [-0.15, -0.1) is 10.2 Å². The Morgan fingerprint density at radius 1 is 1.54 bits per heavy atom. The summed E-state index contributed by atoms with van der Waals surface area (Å²) in [6.07, 6.45) is 4.06. The van der Waals surface area contributed by atoms with Crippen LogP contribution in [0.15, 0.2) is 0 Å². The van der Waals surface area contributed by atoms with Crippen LogP contribution in [0.5, 0.6) is 0 Å². The Balaban J connectivity index is 2.32. The molecular formula is C9H15N3O. The molecule has 0 saturated heterocycles. The molecule has 1 aromatic rings. The summed E-state index contributed by atoms with van der Waals surface area (Å²) in [7, 11) is 0. The van der Waals surface area contributed by atoms with Gasteiger partial charge in [-0.05, 0) is 19.8 Å². The Bertz CT molecular complexity index is 295. The van der Waals surface area contributed by atoms with Crippen LogP contribution in [0.3, 0.4) is 0 Å². The van der Waals surface area contributed by atoms with E-state index in [1.807, 2.05) is 0 Å². The second-order valence-corrected chi connectivity index (χ2v) is 3.62. The Kier molecular flexibility index (Phi) is 2.31. The minimum absolute atomic E-state index is 0.158. The van der Waals surface area contributed by atoms with Gasteiger partial charge in [0.15, 0.2) is 0 Å². The van der Waals surface area contributed by atoms with Gasteiger partial charge in [0.25, 0.3) is 0 Å². The van der Waals surface area contributed by atoms with E-state index in [0.29, 0.717) is 12.5 Å². The molecule has 0 amide bonds. The summed E-state index contributed by atoms with van der Waals surface area (Å²) in [6, 6.07) is 0.500. The molecule has 1 N–H and O–H groups in total. The normalized spacial score (nSPS) is 21.5. The third-order valence-corrected chi connectivity index (χ3v) is 2.64. The maximum Gasteiger partial charge on any atom is 0.135 e. The van der Waals surface area contributed by atoms with Crippen LogP contribution < -0.4 is 0 Å². The quantitative estimate of drug-likeness (QED) is 0.731. The lowest BCUT2D eigenvalue weighted by atomic mass is 10.1. The Labute approximate surface area is 77.6 Å². The maximum absolute atomic E-state index is 8.84. The third kappa shape index (κ3) is 1.46. The van der Waals surface area contributed by atoms with Crippen molar-refractivity contribution in [3.05, 3.63) is 11.6 Å². The Hall–Kier alpha value is -0.900. The number of aryl methyl sites for hydroxylation is 1. The van der Waals surface area contributed by atoms with E-state index in [1.165, 1.54) is 12.8 Å². The van der Waals surface area contributed by atoms with Crippen LogP contribution in [0.25, 0.3) is 0 Å². The molecule has 0 aromatic carbocycles. The lowest BCUT2D eigenvalue weighted by molar-refractivity contribution is 0.291.